The van der Waals surface area contributed by atoms with Gasteiger partial charge in [-0.25, -0.2) is 19.2 Å². The average Bonchev–Trinajstić information content (AvgIpc) is 2.91. The number of hydrogen-bond acceptors (Lipinski definition) is 8. The summed E-state index contributed by atoms with van der Waals surface area (Å²) in [5.74, 6) is -3.28. The van der Waals surface area contributed by atoms with Crippen LogP contribution in [0.3, 0.4) is 0 Å². The lowest BCUT2D eigenvalue weighted by molar-refractivity contribution is -0.163. The topological polar surface area (TPSA) is 138 Å². The van der Waals surface area contributed by atoms with E-state index in [1.165, 1.54) is 12.4 Å². The fraction of sp³-hybridized carbons (Fsp3) is 0.556. The molecule has 15 heteroatoms. The highest BCUT2D eigenvalue weighted by atomic mass is 19.4. The maximum atomic E-state index is 14.2. The minimum Gasteiger partial charge on any atom is -0.444 e. The van der Waals surface area contributed by atoms with Crippen LogP contribution in [0.2, 0.25) is 0 Å². The Kier molecular flexibility index (Phi) is 8.99. The van der Waals surface area contributed by atoms with Crippen LogP contribution in [0.1, 0.15) is 57.2 Å². The quantitative estimate of drug-likeness (QED) is 0.486. The molecule has 2 N–H and O–H groups in total. The number of aliphatic hydroxyl groups is 1. The van der Waals surface area contributed by atoms with Gasteiger partial charge in [0.1, 0.15) is 17.7 Å². The van der Waals surface area contributed by atoms with Crippen molar-refractivity contribution >= 4 is 17.9 Å². The average molecular weight is 597 g/mol. The first-order valence-corrected chi connectivity index (χ1v) is 13.3. The van der Waals surface area contributed by atoms with E-state index in [4.69, 9.17) is 4.74 Å². The molecule has 0 aromatic carbocycles. The first kappa shape index (κ1) is 31.1. The Morgan fingerprint density at radius 2 is 1.90 bits per heavy atom. The molecule has 2 aromatic rings. The van der Waals surface area contributed by atoms with E-state index >= 15 is 0 Å². The number of aromatic nitrogens is 3. The zero-order valence-electron chi connectivity index (χ0n) is 23.3. The normalized spacial score (nSPS) is 21.9. The van der Waals surface area contributed by atoms with Crippen molar-refractivity contribution in [1.29, 1.82) is 0 Å². The van der Waals surface area contributed by atoms with E-state index in [2.05, 4.69) is 20.3 Å². The van der Waals surface area contributed by atoms with E-state index in [0.29, 0.717) is 5.56 Å². The number of carbonyl (C=O) groups excluding carboxylic acids is 3. The van der Waals surface area contributed by atoms with Gasteiger partial charge in [-0.1, -0.05) is 0 Å². The summed E-state index contributed by atoms with van der Waals surface area (Å²) >= 11 is 0. The molecule has 0 aliphatic carbocycles. The Balaban J connectivity index is 1.59. The third-order valence-corrected chi connectivity index (χ3v) is 6.86. The van der Waals surface area contributed by atoms with Crippen LogP contribution < -0.4 is 5.32 Å². The van der Waals surface area contributed by atoms with Gasteiger partial charge < -0.3 is 25.0 Å². The number of halogens is 4. The zero-order valence-corrected chi connectivity index (χ0v) is 23.3. The van der Waals surface area contributed by atoms with Crippen molar-refractivity contribution in [2.45, 2.75) is 82.7 Å². The number of pyridine rings is 1. The van der Waals surface area contributed by atoms with Gasteiger partial charge in [-0.05, 0) is 39.3 Å². The van der Waals surface area contributed by atoms with Crippen LogP contribution in [-0.2, 0) is 20.9 Å². The van der Waals surface area contributed by atoms with Crippen LogP contribution in [0.15, 0.2) is 30.7 Å². The molecule has 1 fully saturated rings. The largest absolute Gasteiger partial charge is 0.444 e. The molecule has 0 spiro atoms. The Bertz CT molecular complexity index is 1310. The minimum absolute atomic E-state index is 0.0114. The fourth-order valence-electron chi connectivity index (χ4n) is 4.84. The number of piperidine rings is 1. The van der Waals surface area contributed by atoms with Gasteiger partial charge in [-0.3, -0.25) is 14.6 Å². The number of ether oxygens (including phenoxy) is 1. The third kappa shape index (κ3) is 7.49. The Labute approximate surface area is 239 Å². The lowest BCUT2D eigenvalue weighted by Gasteiger charge is -2.38. The lowest BCUT2D eigenvalue weighted by Crippen LogP contribution is -2.56. The summed E-state index contributed by atoms with van der Waals surface area (Å²) in [7, 11) is 0. The van der Waals surface area contributed by atoms with Crippen LogP contribution in [0, 0.1) is 0 Å². The molecule has 11 nitrogen and oxygen atoms in total. The number of aliphatic hydroxyl groups excluding tert-OH is 1. The molecule has 4 heterocycles. The van der Waals surface area contributed by atoms with Gasteiger partial charge in [0, 0.05) is 55.6 Å². The maximum Gasteiger partial charge on any atom is 0.407 e. The standard InChI is InChI=1S/C27H32F4N6O5/c1-26(2,3)42-25(41)34-16(12-37-21(38)5-4-19(28)24(37)40)10-22(39)36-13-18(27(29,30)31)17-11-33-23(35-20(17)14-36)15-6-8-32-9-7-15/h6-9,11,16,18-19,24,40H,4-5,10,12-14H2,1-3H3,(H,34,41)/t16?,18?,19-,24?/m0/s1. The zero-order chi connectivity index (χ0) is 30.8. The van der Waals surface area contributed by atoms with Crippen LogP contribution in [0.5, 0.6) is 0 Å². The smallest absolute Gasteiger partial charge is 0.407 e. The van der Waals surface area contributed by atoms with Crippen molar-refractivity contribution in [3.63, 3.8) is 0 Å². The highest BCUT2D eigenvalue weighted by molar-refractivity contribution is 5.80. The molecule has 228 valence electrons. The Hall–Kier alpha value is -3.88. The van der Waals surface area contributed by atoms with Crippen LogP contribution in [-0.4, -0.2) is 91.1 Å². The number of likely N-dealkylation sites (tertiary alicyclic amines) is 1. The number of fused-ring (bicyclic) bond motifs is 1. The summed E-state index contributed by atoms with van der Waals surface area (Å²) in [4.78, 5) is 52.5. The second-order valence-electron chi connectivity index (χ2n) is 11.3. The number of alkyl halides is 4. The van der Waals surface area contributed by atoms with E-state index < -0.39 is 73.6 Å². The number of nitrogens with zero attached hydrogens (tertiary/aromatic N) is 5. The molecule has 4 atom stereocenters. The van der Waals surface area contributed by atoms with Crippen molar-refractivity contribution in [2.75, 3.05) is 13.1 Å². The van der Waals surface area contributed by atoms with Gasteiger partial charge in [0.05, 0.1) is 18.3 Å². The van der Waals surface area contributed by atoms with Crippen molar-refractivity contribution in [1.82, 2.24) is 30.1 Å². The lowest BCUT2D eigenvalue weighted by atomic mass is 9.93. The van der Waals surface area contributed by atoms with Gasteiger partial charge in [0.25, 0.3) is 0 Å². The van der Waals surface area contributed by atoms with Crippen molar-refractivity contribution < 1.29 is 41.8 Å². The summed E-state index contributed by atoms with van der Waals surface area (Å²) in [6, 6.07) is 1.99. The third-order valence-electron chi connectivity index (χ3n) is 6.86. The van der Waals surface area contributed by atoms with Crippen LogP contribution >= 0.6 is 0 Å². The number of carbonyl (C=O) groups is 3. The van der Waals surface area contributed by atoms with Gasteiger partial charge >= 0.3 is 12.3 Å². The van der Waals surface area contributed by atoms with E-state index in [0.717, 1.165) is 16.0 Å². The second-order valence-corrected chi connectivity index (χ2v) is 11.3. The van der Waals surface area contributed by atoms with E-state index in [-0.39, 0.29) is 36.5 Å². The van der Waals surface area contributed by atoms with E-state index in [1.54, 1.807) is 32.9 Å². The van der Waals surface area contributed by atoms with Crippen molar-refractivity contribution in [2.24, 2.45) is 0 Å². The number of nitrogens with one attached hydrogen (secondary N) is 1. The van der Waals surface area contributed by atoms with Crippen LogP contribution in [0.4, 0.5) is 22.4 Å². The highest BCUT2D eigenvalue weighted by Crippen LogP contribution is 2.40. The maximum absolute atomic E-state index is 14.2. The summed E-state index contributed by atoms with van der Waals surface area (Å²) in [6.45, 7) is 3.35. The molecular weight excluding hydrogens is 564 g/mol. The van der Waals surface area contributed by atoms with E-state index in [1.807, 2.05) is 0 Å². The molecule has 3 unspecified atom stereocenters. The SMILES string of the molecule is CC(C)(C)OC(=O)NC(CC(=O)N1Cc2nc(-c3ccncc3)ncc2C(C(F)(F)F)C1)CN1C(=O)CC[C@H](F)C1O. The molecule has 0 radical (unpaired) electrons. The molecule has 0 bridgehead atoms. The molecular formula is C27H32F4N6O5. The van der Waals surface area contributed by atoms with E-state index in [9.17, 15) is 37.1 Å². The predicted octanol–water partition coefficient (Wildman–Crippen LogP) is 3.09. The van der Waals surface area contributed by atoms with Gasteiger partial charge in [-0.15, -0.1) is 0 Å². The summed E-state index contributed by atoms with van der Waals surface area (Å²) in [5.41, 5.74) is -0.537. The minimum atomic E-state index is -4.72. The number of rotatable bonds is 6. The molecule has 3 amide bonds. The van der Waals surface area contributed by atoms with Crippen molar-refractivity contribution in [3.8, 4) is 11.4 Å². The predicted molar refractivity (Wildman–Crippen MR) is 139 cm³/mol. The summed E-state index contributed by atoms with van der Waals surface area (Å²) in [6.07, 6.45) is -6.07. The number of hydrogen-bond donors (Lipinski definition) is 2. The number of amides is 3. The first-order chi connectivity index (χ1) is 19.6. The fourth-order valence-corrected chi connectivity index (χ4v) is 4.84. The molecule has 2 aromatic heterocycles. The molecule has 4 rings (SSSR count). The molecule has 2 aliphatic heterocycles. The molecule has 2 aliphatic rings. The van der Waals surface area contributed by atoms with Gasteiger partial charge in [0.15, 0.2) is 12.1 Å². The van der Waals surface area contributed by atoms with Gasteiger partial charge in [-0.2, -0.15) is 13.2 Å². The molecule has 1 saturated heterocycles. The van der Waals surface area contributed by atoms with Crippen LogP contribution in [0.25, 0.3) is 11.4 Å². The van der Waals surface area contributed by atoms with Gasteiger partial charge in [0.2, 0.25) is 11.8 Å². The second kappa shape index (κ2) is 12.2. The first-order valence-electron chi connectivity index (χ1n) is 13.3. The Morgan fingerprint density at radius 1 is 1.21 bits per heavy atom. The highest BCUT2D eigenvalue weighted by Gasteiger charge is 2.47. The Morgan fingerprint density at radius 3 is 2.55 bits per heavy atom. The number of alkyl carbamates (subject to hydrolysis) is 1. The monoisotopic (exact) mass is 596 g/mol. The molecule has 0 saturated carbocycles. The van der Waals surface area contributed by atoms with Crippen molar-refractivity contribution in [3.05, 3.63) is 42.0 Å². The summed E-state index contributed by atoms with van der Waals surface area (Å²) < 4.78 is 61.8. The summed E-state index contributed by atoms with van der Waals surface area (Å²) in [5, 5.41) is 12.7. The molecule has 42 heavy (non-hydrogen) atoms.